The van der Waals surface area contributed by atoms with Gasteiger partial charge in [0.15, 0.2) is 0 Å². The zero-order valence-electron chi connectivity index (χ0n) is 9.03. The average Bonchev–Trinajstić information content (AvgIpc) is 3.04. The Morgan fingerprint density at radius 1 is 1.24 bits per heavy atom. The summed E-state index contributed by atoms with van der Waals surface area (Å²) in [6.07, 6.45) is 5.62. The van der Waals surface area contributed by atoms with E-state index in [2.05, 4.69) is 10.3 Å². The molecule has 0 saturated heterocycles. The number of halogens is 2. The van der Waals surface area contributed by atoms with Crippen LogP contribution in [0.3, 0.4) is 0 Å². The molecule has 1 fully saturated rings. The summed E-state index contributed by atoms with van der Waals surface area (Å²) in [6, 6.07) is 4.18. The van der Waals surface area contributed by atoms with Crippen molar-refractivity contribution in [3.63, 3.8) is 0 Å². The van der Waals surface area contributed by atoms with E-state index in [1.165, 1.54) is 18.2 Å². The van der Waals surface area contributed by atoms with Gasteiger partial charge < -0.3 is 9.88 Å². The summed E-state index contributed by atoms with van der Waals surface area (Å²) < 4.78 is 28.8. The van der Waals surface area contributed by atoms with Crippen LogP contribution in [0.25, 0.3) is 0 Å². The molecule has 17 heavy (non-hydrogen) atoms. The average molecular weight is 235 g/mol. The topological polar surface area (TPSA) is 29.9 Å². The molecule has 0 amide bonds. The first-order chi connectivity index (χ1) is 8.25. The lowest BCUT2D eigenvalue weighted by Gasteiger charge is -2.10. The molecule has 0 unspecified atom stereocenters. The number of benzene rings is 1. The van der Waals surface area contributed by atoms with Gasteiger partial charge in [0.1, 0.15) is 17.3 Å². The first-order valence-corrected chi connectivity index (χ1v) is 5.49. The van der Waals surface area contributed by atoms with E-state index in [1.807, 2.05) is 10.8 Å². The Labute approximate surface area is 97.1 Å². The Kier molecular flexibility index (Phi) is 2.31. The van der Waals surface area contributed by atoms with Crippen molar-refractivity contribution in [3.05, 3.63) is 42.2 Å². The van der Waals surface area contributed by atoms with E-state index in [-0.39, 0.29) is 5.69 Å². The quantitative estimate of drug-likeness (QED) is 0.885. The van der Waals surface area contributed by atoms with E-state index in [1.54, 1.807) is 6.20 Å². The molecule has 0 atom stereocenters. The van der Waals surface area contributed by atoms with Crippen LogP contribution < -0.4 is 5.32 Å². The molecular formula is C12H11F2N3. The largest absolute Gasteiger partial charge is 0.321 e. The van der Waals surface area contributed by atoms with Gasteiger partial charge in [0.05, 0.1) is 0 Å². The molecule has 0 radical (unpaired) electrons. The van der Waals surface area contributed by atoms with Crippen molar-refractivity contribution in [2.75, 3.05) is 5.32 Å². The molecule has 1 aliphatic rings. The summed E-state index contributed by atoms with van der Waals surface area (Å²) in [4.78, 5) is 4.07. The number of hydrogen-bond acceptors (Lipinski definition) is 2. The molecule has 1 N–H and O–H groups in total. The highest BCUT2D eigenvalue weighted by atomic mass is 19.1. The van der Waals surface area contributed by atoms with Crippen LogP contribution in [-0.2, 0) is 0 Å². The van der Waals surface area contributed by atoms with Crippen molar-refractivity contribution in [1.82, 2.24) is 9.55 Å². The maximum atomic E-state index is 13.5. The van der Waals surface area contributed by atoms with Gasteiger partial charge in [0, 0.05) is 18.4 Å². The highest BCUT2D eigenvalue weighted by Gasteiger charge is 2.26. The van der Waals surface area contributed by atoms with Gasteiger partial charge in [-0.25, -0.2) is 13.8 Å². The van der Waals surface area contributed by atoms with Crippen molar-refractivity contribution in [3.8, 4) is 0 Å². The third-order valence-corrected chi connectivity index (χ3v) is 2.81. The van der Waals surface area contributed by atoms with E-state index < -0.39 is 11.6 Å². The van der Waals surface area contributed by atoms with E-state index in [9.17, 15) is 8.78 Å². The molecule has 3 rings (SSSR count). The van der Waals surface area contributed by atoms with Crippen molar-refractivity contribution in [1.29, 1.82) is 0 Å². The van der Waals surface area contributed by atoms with Crippen LogP contribution in [0, 0.1) is 11.6 Å². The fourth-order valence-corrected chi connectivity index (χ4v) is 1.79. The van der Waals surface area contributed by atoms with Crippen LogP contribution in [-0.4, -0.2) is 9.55 Å². The molecule has 1 aromatic heterocycles. The maximum absolute atomic E-state index is 13.5. The summed E-state index contributed by atoms with van der Waals surface area (Å²) in [5.41, 5.74) is -0.152. The Bertz CT molecular complexity index is 526. The third kappa shape index (κ3) is 1.88. The molecule has 1 heterocycles. The minimum Gasteiger partial charge on any atom is -0.321 e. The number of nitrogens with zero attached hydrogens (tertiary/aromatic N) is 2. The number of para-hydroxylation sites is 1. The molecule has 3 nitrogen and oxygen atoms in total. The number of anilines is 2. The lowest BCUT2D eigenvalue weighted by Crippen LogP contribution is -2.04. The molecule has 0 aliphatic heterocycles. The Hall–Kier alpha value is -1.91. The molecule has 1 saturated carbocycles. The van der Waals surface area contributed by atoms with Crippen molar-refractivity contribution >= 4 is 11.6 Å². The van der Waals surface area contributed by atoms with E-state index in [0.29, 0.717) is 12.0 Å². The van der Waals surface area contributed by atoms with Crippen molar-refractivity contribution in [2.24, 2.45) is 0 Å². The third-order valence-electron chi connectivity index (χ3n) is 2.81. The number of aromatic nitrogens is 2. The number of nitrogens with one attached hydrogen (secondary N) is 1. The van der Waals surface area contributed by atoms with Gasteiger partial charge in [-0.15, -0.1) is 0 Å². The van der Waals surface area contributed by atoms with Gasteiger partial charge in [-0.1, -0.05) is 6.07 Å². The number of hydrogen-bond donors (Lipinski definition) is 1. The Balaban J connectivity index is 1.93. The minimum absolute atomic E-state index is 0.152. The fraction of sp³-hybridized carbons (Fsp3) is 0.250. The van der Waals surface area contributed by atoms with Gasteiger partial charge in [-0.3, -0.25) is 0 Å². The van der Waals surface area contributed by atoms with Gasteiger partial charge in [-0.05, 0) is 25.0 Å². The molecule has 88 valence electrons. The van der Waals surface area contributed by atoms with Gasteiger partial charge in [0.2, 0.25) is 5.95 Å². The monoisotopic (exact) mass is 235 g/mol. The fourth-order valence-electron chi connectivity index (χ4n) is 1.79. The molecule has 5 heteroatoms. The van der Waals surface area contributed by atoms with E-state index in [4.69, 9.17) is 0 Å². The number of rotatable bonds is 3. The molecule has 1 aliphatic carbocycles. The van der Waals surface area contributed by atoms with Crippen molar-refractivity contribution < 1.29 is 8.78 Å². The van der Waals surface area contributed by atoms with Gasteiger partial charge >= 0.3 is 0 Å². The highest BCUT2D eigenvalue weighted by molar-refractivity contribution is 5.55. The first kappa shape index (κ1) is 10.3. The highest BCUT2D eigenvalue weighted by Crippen LogP contribution is 2.37. The van der Waals surface area contributed by atoms with Crippen LogP contribution in [0.1, 0.15) is 18.9 Å². The summed E-state index contributed by atoms with van der Waals surface area (Å²) in [7, 11) is 0. The summed E-state index contributed by atoms with van der Waals surface area (Å²) in [5.74, 6) is -0.748. The lowest BCUT2D eigenvalue weighted by atomic mass is 10.3. The SMILES string of the molecule is Fc1cccc(F)c1Nc1nccn1C1CC1. The predicted molar refractivity (Wildman–Crippen MR) is 60.1 cm³/mol. The van der Waals surface area contributed by atoms with Crippen molar-refractivity contribution in [2.45, 2.75) is 18.9 Å². The van der Waals surface area contributed by atoms with Crippen LogP contribution in [0.15, 0.2) is 30.6 Å². The molecule has 0 spiro atoms. The van der Waals surface area contributed by atoms with Crippen LogP contribution in [0.4, 0.5) is 20.4 Å². The minimum atomic E-state index is -0.615. The van der Waals surface area contributed by atoms with Crippen LogP contribution in [0.5, 0.6) is 0 Å². The zero-order chi connectivity index (χ0) is 11.8. The van der Waals surface area contributed by atoms with E-state index >= 15 is 0 Å². The normalized spacial score (nSPS) is 14.9. The second kappa shape index (κ2) is 3.84. The van der Waals surface area contributed by atoms with E-state index in [0.717, 1.165) is 12.8 Å². The smallest absolute Gasteiger partial charge is 0.207 e. The Morgan fingerprint density at radius 3 is 2.59 bits per heavy atom. The second-order valence-electron chi connectivity index (χ2n) is 4.11. The first-order valence-electron chi connectivity index (χ1n) is 5.49. The predicted octanol–water partition coefficient (Wildman–Crippen LogP) is 3.24. The maximum Gasteiger partial charge on any atom is 0.207 e. The lowest BCUT2D eigenvalue weighted by molar-refractivity contribution is 0.589. The summed E-state index contributed by atoms with van der Waals surface area (Å²) in [5, 5.41) is 2.71. The van der Waals surface area contributed by atoms with Crippen LogP contribution >= 0.6 is 0 Å². The number of imidazole rings is 1. The second-order valence-corrected chi connectivity index (χ2v) is 4.11. The summed E-state index contributed by atoms with van der Waals surface area (Å²) in [6.45, 7) is 0. The standard InChI is InChI=1S/C12H11F2N3/c13-9-2-1-3-10(14)11(9)16-12-15-6-7-17(12)8-4-5-8/h1-3,6-8H,4-5H2,(H,15,16). The zero-order valence-corrected chi connectivity index (χ0v) is 9.03. The molecule has 0 bridgehead atoms. The Morgan fingerprint density at radius 2 is 1.94 bits per heavy atom. The molecule has 2 aromatic rings. The van der Waals surface area contributed by atoms with Gasteiger partial charge in [0.25, 0.3) is 0 Å². The molecular weight excluding hydrogens is 224 g/mol. The summed E-state index contributed by atoms with van der Waals surface area (Å²) >= 11 is 0. The van der Waals surface area contributed by atoms with Crippen LogP contribution in [0.2, 0.25) is 0 Å². The van der Waals surface area contributed by atoms with Gasteiger partial charge in [-0.2, -0.15) is 0 Å². The molecule has 1 aromatic carbocycles.